The van der Waals surface area contributed by atoms with Crippen LogP contribution in [0, 0.1) is 12.8 Å². The molecule has 2 fully saturated rings. The van der Waals surface area contributed by atoms with Crippen LogP contribution in [-0.4, -0.2) is 34.0 Å². The summed E-state index contributed by atoms with van der Waals surface area (Å²) in [5, 5.41) is 13.0. The van der Waals surface area contributed by atoms with Crippen molar-refractivity contribution in [3.05, 3.63) is 21.9 Å². The van der Waals surface area contributed by atoms with Gasteiger partial charge < -0.3 is 10.0 Å². The molecule has 0 aliphatic carbocycles. The zero-order valence-corrected chi connectivity index (χ0v) is 10.9. The molecule has 2 aliphatic heterocycles. The predicted octanol–water partition coefficient (Wildman–Crippen LogP) is 2.13. The minimum absolute atomic E-state index is 0.0185. The molecule has 1 aromatic rings. The highest BCUT2D eigenvalue weighted by molar-refractivity contribution is 7.08. The van der Waals surface area contributed by atoms with Gasteiger partial charge in [-0.1, -0.05) is 0 Å². The first kappa shape index (κ1) is 11.7. The Bertz CT molecular complexity index is 510. The SMILES string of the molecule is Cc1cscc1C(=O)N1C2CCC1C(C(=O)O)C2. The summed E-state index contributed by atoms with van der Waals surface area (Å²) in [7, 11) is 0. The van der Waals surface area contributed by atoms with Gasteiger partial charge in [0.2, 0.25) is 0 Å². The molecular weight excluding hydrogens is 250 g/mol. The maximum Gasteiger partial charge on any atom is 0.308 e. The second kappa shape index (κ2) is 4.09. The van der Waals surface area contributed by atoms with Crippen LogP contribution in [0.4, 0.5) is 0 Å². The van der Waals surface area contributed by atoms with Crippen molar-refractivity contribution in [3.63, 3.8) is 0 Å². The lowest BCUT2D eigenvalue weighted by Gasteiger charge is -2.23. The summed E-state index contributed by atoms with van der Waals surface area (Å²) in [4.78, 5) is 25.5. The molecule has 96 valence electrons. The van der Waals surface area contributed by atoms with E-state index in [0.717, 1.165) is 24.0 Å². The number of carbonyl (C=O) groups excluding carboxylic acids is 1. The Labute approximate surface area is 109 Å². The van der Waals surface area contributed by atoms with Crippen LogP contribution < -0.4 is 0 Å². The summed E-state index contributed by atoms with van der Waals surface area (Å²) in [5.74, 6) is -1.11. The van der Waals surface area contributed by atoms with Gasteiger partial charge in [0.05, 0.1) is 11.5 Å². The fourth-order valence-electron chi connectivity index (χ4n) is 3.29. The standard InChI is InChI=1S/C13H15NO3S/c1-7-5-18-6-10(7)12(15)14-8-2-3-11(14)9(4-8)13(16)17/h5-6,8-9,11H,2-4H2,1H3,(H,16,17). The largest absolute Gasteiger partial charge is 0.481 e. The number of nitrogens with zero attached hydrogens (tertiary/aromatic N) is 1. The van der Waals surface area contributed by atoms with Crippen LogP contribution in [0.5, 0.6) is 0 Å². The van der Waals surface area contributed by atoms with Crippen LogP contribution in [0.3, 0.4) is 0 Å². The van der Waals surface area contributed by atoms with Gasteiger partial charge in [-0.3, -0.25) is 9.59 Å². The smallest absolute Gasteiger partial charge is 0.308 e. The van der Waals surface area contributed by atoms with Crippen molar-refractivity contribution in [1.29, 1.82) is 0 Å². The molecule has 3 rings (SSSR count). The lowest BCUT2D eigenvalue weighted by Crippen LogP contribution is -2.37. The molecule has 0 spiro atoms. The fourth-order valence-corrected chi connectivity index (χ4v) is 4.11. The summed E-state index contributed by atoms with van der Waals surface area (Å²) in [5.41, 5.74) is 1.73. The van der Waals surface area contributed by atoms with E-state index in [1.165, 1.54) is 11.3 Å². The zero-order chi connectivity index (χ0) is 12.9. The zero-order valence-electron chi connectivity index (χ0n) is 10.1. The number of aliphatic carboxylic acids is 1. The monoisotopic (exact) mass is 265 g/mol. The number of amides is 1. The third-order valence-corrected chi connectivity index (χ3v) is 5.04. The van der Waals surface area contributed by atoms with Crippen LogP contribution >= 0.6 is 11.3 Å². The highest BCUT2D eigenvalue weighted by Crippen LogP contribution is 2.42. The number of carbonyl (C=O) groups is 2. The Kier molecular flexibility index (Phi) is 2.66. The molecule has 18 heavy (non-hydrogen) atoms. The Morgan fingerprint density at radius 1 is 1.39 bits per heavy atom. The number of carboxylic acid groups (broad SMARTS) is 1. The normalized spacial score (nSPS) is 29.8. The summed E-state index contributed by atoms with van der Waals surface area (Å²) >= 11 is 1.52. The van der Waals surface area contributed by atoms with Crippen molar-refractivity contribution in [2.45, 2.75) is 38.3 Å². The Morgan fingerprint density at radius 3 is 2.72 bits per heavy atom. The Hall–Kier alpha value is -1.36. The van der Waals surface area contributed by atoms with Crippen molar-refractivity contribution in [2.24, 2.45) is 5.92 Å². The molecule has 0 aromatic carbocycles. The molecule has 0 radical (unpaired) electrons. The molecule has 3 atom stereocenters. The molecule has 1 N–H and O–H groups in total. The lowest BCUT2D eigenvalue weighted by atomic mass is 9.89. The molecule has 2 aliphatic rings. The van der Waals surface area contributed by atoms with Gasteiger partial charge in [-0.2, -0.15) is 11.3 Å². The lowest BCUT2D eigenvalue weighted by molar-refractivity contribution is -0.142. The number of hydrogen-bond acceptors (Lipinski definition) is 3. The first-order valence-electron chi connectivity index (χ1n) is 6.18. The number of fused-ring (bicyclic) bond motifs is 2. The van der Waals surface area contributed by atoms with Crippen molar-refractivity contribution in [3.8, 4) is 0 Å². The maximum absolute atomic E-state index is 12.5. The molecule has 5 heteroatoms. The van der Waals surface area contributed by atoms with Crippen molar-refractivity contribution >= 4 is 23.2 Å². The first-order valence-corrected chi connectivity index (χ1v) is 7.12. The van der Waals surface area contributed by atoms with E-state index in [0.29, 0.717) is 6.42 Å². The van der Waals surface area contributed by atoms with Crippen LogP contribution in [0.1, 0.15) is 35.2 Å². The van der Waals surface area contributed by atoms with E-state index in [9.17, 15) is 14.7 Å². The van der Waals surface area contributed by atoms with Crippen molar-refractivity contribution in [2.75, 3.05) is 0 Å². The molecule has 2 bridgehead atoms. The van der Waals surface area contributed by atoms with Gasteiger partial charge in [0.25, 0.3) is 5.91 Å². The van der Waals surface area contributed by atoms with Gasteiger partial charge in [-0.05, 0) is 37.1 Å². The average molecular weight is 265 g/mol. The Balaban J connectivity index is 1.88. The number of thiophene rings is 1. The summed E-state index contributed by atoms with van der Waals surface area (Å²) in [6.45, 7) is 1.93. The summed E-state index contributed by atoms with van der Waals surface area (Å²) in [6, 6.07) is 0.0298. The van der Waals surface area contributed by atoms with Crippen LogP contribution in [0.15, 0.2) is 10.8 Å². The van der Waals surface area contributed by atoms with Crippen LogP contribution in [-0.2, 0) is 4.79 Å². The summed E-state index contributed by atoms with van der Waals surface area (Å²) in [6.07, 6.45) is 2.40. The van der Waals surface area contributed by atoms with Gasteiger partial charge in [-0.25, -0.2) is 0 Å². The topological polar surface area (TPSA) is 57.6 Å². The molecule has 1 aromatic heterocycles. The van der Waals surface area contributed by atoms with E-state index >= 15 is 0 Å². The van der Waals surface area contributed by atoms with Crippen molar-refractivity contribution < 1.29 is 14.7 Å². The predicted molar refractivity (Wildman–Crippen MR) is 67.8 cm³/mol. The fraction of sp³-hybridized carbons (Fsp3) is 0.538. The molecule has 3 heterocycles. The Morgan fingerprint density at radius 2 is 2.17 bits per heavy atom. The van der Waals surface area contributed by atoms with E-state index in [2.05, 4.69) is 0 Å². The minimum Gasteiger partial charge on any atom is -0.481 e. The van der Waals surface area contributed by atoms with Gasteiger partial charge in [0.15, 0.2) is 0 Å². The third-order valence-electron chi connectivity index (χ3n) is 4.17. The molecule has 2 saturated heterocycles. The molecule has 1 amide bonds. The van der Waals surface area contributed by atoms with E-state index in [4.69, 9.17) is 0 Å². The van der Waals surface area contributed by atoms with E-state index in [1.807, 2.05) is 22.6 Å². The van der Waals surface area contributed by atoms with E-state index < -0.39 is 5.97 Å². The number of rotatable bonds is 2. The number of hydrogen-bond donors (Lipinski definition) is 1. The van der Waals surface area contributed by atoms with Gasteiger partial charge in [0, 0.05) is 17.5 Å². The first-order chi connectivity index (χ1) is 8.59. The third kappa shape index (κ3) is 1.57. The second-order valence-electron chi connectivity index (χ2n) is 5.16. The minimum atomic E-state index is -0.762. The van der Waals surface area contributed by atoms with Crippen LogP contribution in [0.25, 0.3) is 0 Å². The van der Waals surface area contributed by atoms with E-state index in [1.54, 1.807) is 0 Å². The summed E-state index contributed by atoms with van der Waals surface area (Å²) < 4.78 is 0. The van der Waals surface area contributed by atoms with Gasteiger partial charge in [-0.15, -0.1) is 0 Å². The van der Waals surface area contributed by atoms with Crippen LogP contribution in [0.2, 0.25) is 0 Å². The van der Waals surface area contributed by atoms with Gasteiger partial charge in [0.1, 0.15) is 0 Å². The highest BCUT2D eigenvalue weighted by atomic mass is 32.1. The number of aryl methyl sites for hydroxylation is 1. The maximum atomic E-state index is 12.5. The molecular formula is C13H15NO3S. The second-order valence-corrected chi connectivity index (χ2v) is 5.90. The average Bonchev–Trinajstić information content (AvgIpc) is 3.01. The molecule has 3 unspecified atom stereocenters. The highest BCUT2D eigenvalue weighted by Gasteiger charge is 2.51. The molecule has 0 saturated carbocycles. The molecule has 4 nitrogen and oxygen atoms in total. The quantitative estimate of drug-likeness (QED) is 0.891. The van der Waals surface area contributed by atoms with Crippen molar-refractivity contribution in [1.82, 2.24) is 4.90 Å². The number of carboxylic acids is 1. The van der Waals surface area contributed by atoms with E-state index in [-0.39, 0.29) is 23.9 Å². The van der Waals surface area contributed by atoms with Gasteiger partial charge >= 0.3 is 5.97 Å².